The number of rotatable bonds is 5. The summed E-state index contributed by atoms with van der Waals surface area (Å²) < 4.78 is 37.2. The van der Waals surface area contributed by atoms with Crippen LogP contribution in [-0.4, -0.2) is 56.9 Å². The summed E-state index contributed by atoms with van der Waals surface area (Å²) in [5.41, 5.74) is 0. The van der Waals surface area contributed by atoms with E-state index in [0.717, 1.165) is 0 Å². The first kappa shape index (κ1) is 20.2. The summed E-state index contributed by atoms with van der Waals surface area (Å²) in [6, 6.07) is 7.88. The number of sulfonamides is 1. The minimum atomic E-state index is -3.77. The van der Waals surface area contributed by atoms with Crippen LogP contribution in [0.15, 0.2) is 39.6 Å². The zero-order valence-electron chi connectivity index (χ0n) is 14.5. The highest BCUT2D eigenvalue weighted by atomic mass is 35.5. The van der Waals surface area contributed by atoms with Gasteiger partial charge in [-0.15, -0.1) is 0 Å². The minimum Gasteiger partial charge on any atom is -0.463 e. The molecule has 1 aromatic heterocycles. The summed E-state index contributed by atoms with van der Waals surface area (Å²) in [5, 5.41) is 0.215. The summed E-state index contributed by atoms with van der Waals surface area (Å²) in [5.74, 6) is 0.219. The molecule has 146 valence electrons. The second kappa shape index (κ2) is 8.20. The molecule has 0 amide bonds. The lowest BCUT2D eigenvalue weighted by Crippen LogP contribution is -2.48. The van der Waals surface area contributed by atoms with Gasteiger partial charge in [-0.25, -0.2) is 13.2 Å². The Kier molecular flexibility index (Phi) is 6.12. The van der Waals surface area contributed by atoms with E-state index in [-0.39, 0.29) is 20.7 Å². The number of carbonyl (C=O) groups excluding carboxylic acids is 1. The summed E-state index contributed by atoms with van der Waals surface area (Å²) in [7, 11) is -2.48. The molecule has 0 N–H and O–H groups in total. The van der Waals surface area contributed by atoms with Crippen molar-refractivity contribution in [1.82, 2.24) is 9.21 Å². The number of esters is 1. The van der Waals surface area contributed by atoms with Crippen molar-refractivity contribution in [3.63, 3.8) is 0 Å². The van der Waals surface area contributed by atoms with Crippen molar-refractivity contribution < 1.29 is 22.4 Å². The monoisotopic (exact) mass is 432 g/mol. The zero-order valence-corrected chi connectivity index (χ0v) is 16.9. The van der Waals surface area contributed by atoms with Crippen LogP contribution >= 0.6 is 23.2 Å². The molecule has 27 heavy (non-hydrogen) atoms. The van der Waals surface area contributed by atoms with Gasteiger partial charge in [0, 0.05) is 26.2 Å². The Labute approximate surface area is 167 Å². The average Bonchev–Trinajstić information content (AvgIpc) is 3.09. The van der Waals surface area contributed by atoms with E-state index in [1.54, 1.807) is 18.2 Å². The second-order valence-corrected chi connectivity index (χ2v) is 8.68. The molecule has 0 spiro atoms. The van der Waals surface area contributed by atoms with E-state index in [4.69, 9.17) is 27.6 Å². The predicted molar refractivity (Wildman–Crippen MR) is 101 cm³/mol. The smallest absolute Gasteiger partial charge is 0.373 e. The van der Waals surface area contributed by atoms with E-state index < -0.39 is 16.0 Å². The maximum atomic E-state index is 12.9. The Hall–Kier alpha value is -1.58. The van der Waals surface area contributed by atoms with E-state index in [2.05, 4.69) is 4.74 Å². The Balaban J connectivity index is 1.65. The third kappa shape index (κ3) is 4.30. The van der Waals surface area contributed by atoms with E-state index in [1.807, 2.05) is 4.90 Å². The number of nitrogens with zero attached hydrogens (tertiary/aromatic N) is 2. The Bertz CT molecular complexity index is 916. The Morgan fingerprint density at radius 3 is 2.33 bits per heavy atom. The highest BCUT2D eigenvalue weighted by molar-refractivity contribution is 7.89. The van der Waals surface area contributed by atoms with Gasteiger partial charge < -0.3 is 9.15 Å². The van der Waals surface area contributed by atoms with Gasteiger partial charge >= 0.3 is 5.97 Å². The van der Waals surface area contributed by atoms with Crippen LogP contribution < -0.4 is 0 Å². The van der Waals surface area contributed by atoms with Gasteiger partial charge in [0.15, 0.2) is 0 Å². The molecule has 1 saturated heterocycles. The number of hydrogen-bond donors (Lipinski definition) is 0. The second-order valence-electron chi connectivity index (χ2n) is 5.99. The van der Waals surface area contributed by atoms with Crippen LogP contribution in [-0.2, 0) is 21.3 Å². The van der Waals surface area contributed by atoms with Crippen molar-refractivity contribution in [2.45, 2.75) is 11.4 Å². The fourth-order valence-corrected chi connectivity index (χ4v) is 5.39. The SMILES string of the molecule is COC(=O)c1ccc(CN2CCN(S(=O)(=O)c3c(Cl)cccc3Cl)CC2)o1. The molecule has 0 saturated carbocycles. The number of furan rings is 1. The standard InChI is InChI=1S/C17H18Cl2N2O5S/c1-25-17(22)15-6-5-12(26-15)11-20-7-9-21(10-8-20)27(23,24)16-13(18)3-2-4-14(16)19/h2-6H,7-11H2,1H3. The fourth-order valence-electron chi connectivity index (χ4n) is 2.88. The predicted octanol–water partition coefficient (Wildman–Crippen LogP) is 2.88. The zero-order chi connectivity index (χ0) is 19.6. The van der Waals surface area contributed by atoms with E-state index >= 15 is 0 Å². The number of methoxy groups -OCH3 is 1. The van der Waals surface area contributed by atoms with Gasteiger partial charge in [-0.05, 0) is 24.3 Å². The molecule has 3 rings (SSSR count). The molecular formula is C17H18Cl2N2O5S. The molecular weight excluding hydrogens is 415 g/mol. The molecule has 1 aromatic carbocycles. The largest absolute Gasteiger partial charge is 0.463 e. The van der Waals surface area contributed by atoms with Crippen LogP contribution in [0.4, 0.5) is 0 Å². The van der Waals surface area contributed by atoms with Crippen LogP contribution in [0, 0.1) is 0 Å². The number of ether oxygens (including phenoxy) is 1. The van der Waals surface area contributed by atoms with Crippen molar-refractivity contribution in [2.75, 3.05) is 33.3 Å². The molecule has 1 aliphatic heterocycles. The number of hydrogen-bond acceptors (Lipinski definition) is 6. The molecule has 2 aromatic rings. The number of halogens is 2. The van der Waals surface area contributed by atoms with Gasteiger partial charge in [-0.1, -0.05) is 29.3 Å². The van der Waals surface area contributed by atoms with Crippen LogP contribution in [0.3, 0.4) is 0 Å². The third-order valence-electron chi connectivity index (χ3n) is 4.28. The van der Waals surface area contributed by atoms with E-state index in [1.165, 1.54) is 23.5 Å². The molecule has 0 aliphatic carbocycles. The van der Waals surface area contributed by atoms with Gasteiger partial charge in [0.2, 0.25) is 15.8 Å². The lowest BCUT2D eigenvalue weighted by molar-refractivity contribution is 0.0560. The first-order chi connectivity index (χ1) is 12.8. The van der Waals surface area contributed by atoms with Crippen LogP contribution in [0.2, 0.25) is 10.0 Å². The van der Waals surface area contributed by atoms with E-state index in [0.29, 0.717) is 38.5 Å². The van der Waals surface area contributed by atoms with Crippen molar-refractivity contribution in [3.05, 3.63) is 51.9 Å². The lowest BCUT2D eigenvalue weighted by Gasteiger charge is -2.33. The van der Waals surface area contributed by atoms with Gasteiger partial charge in [-0.3, -0.25) is 4.90 Å². The molecule has 2 heterocycles. The summed E-state index contributed by atoms with van der Waals surface area (Å²) in [4.78, 5) is 13.4. The van der Waals surface area contributed by atoms with Crippen molar-refractivity contribution >= 4 is 39.2 Å². The topological polar surface area (TPSA) is 80.1 Å². The maximum absolute atomic E-state index is 12.9. The third-order valence-corrected chi connectivity index (χ3v) is 7.13. The highest BCUT2D eigenvalue weighted by Gasteiger charge is 2.32. The lowest BCUT2D eigenvalue weighted by atomic mass is 10.3. The Morgan fingerprint density at radius 2 is 1.74 bits per heavy atom. The van der Waals surface area contributed by atoms with Crippen LogP contribution in [0.5, 0.6) is 0 Å². The molecule has 1 fully saturated rings. The minimum absolute atomic E-state index is 0.0597. The normalized spacial score (nSPS) is 16.4. The Morgan fingerprint density at radius 1 is 1.11 bits per heavy atom. The highest BCUT2D eigenvalue weighted by Crippen LogP contribution is 2.32. The van der Waals surface area contributed by atoms with Crippen molar-refractivity contribution in [3.8, 4) is 0 Å². The quantitative estimate of drug-likeness (QED) is 0.675. The van der Waals surface area contributed by atoms with Gasteiger partial charge in [-0.2, -0.15) is 4.31 Å². The number of piperazine rings is 1. The summed E-state index contributed by atoms with van der Waals surface area (Å²) >= 11 is 12.1. The molecule has 0 unspecified atom stereocenters. The molecule has 1 aliphatic rings. The van der Waals surface area contributed by atoms with Crippen molar-refractivity contribution in [1.29, 1.82) is 0 Å². The van der Waals surface area contributed by atoms with E-state index in [9.17, 15) is 13.2 Å². The van der Waals surface area contributed by atoms with Gasteiger partial charge in [0.25, 0.3) is 0 Å². The number of benzene rings is 1. The van der Waals surface area contributed by atoms with Gasteiger partial charge in [0.05, 0.1) is 23.7 Å². The average molecular weight is 433 g/mol. The molecule has 0 radical (unpaired) electrons. The first-order valence-electron chi connectivity index (χ1n) is 8.16. The van der Waals surface area contributed by atoms with Crippen molar-refractivity contribution in [2.24, 2.45) is 0 Å². The van der Waals surface area contributed by atoms with Crippen LogP contribution in [0.25, 0.3) is 0 Å². The fraction of sp³-hybridized carbons (Fsp3) is 0.353. The number of carbonyl (C=O) groups is 1. The summed E-state index contributed by atoms with van der Waals surface area (Å²) in [6.07, 6.45) is 0. The maximum Gasteiger partial charge on any atom is 0.373 e. The molecule has 0 atom stereocenters. The van der Waals surface area contributed by atoms with Gasteiger partial charge in [0.1, 0.15) is 10.7 Å². The van der Waals surface area contributed by atoms with Crippen LogP contribution in [0.1, 0.15) is 16.3 Å². The first-order valence-corrected chi connectivity index (χ1v) is 10.4. The summed E-state index contributed by atoms with van der Waals surface area (Å²) in [6.45, 7) is 2.09. The molecule has 7 nitrogen and oxygen atoms in total. The molecule has 10 heteroatoms. The molecule has 0 bridgehead atoms.